The summed E-state index contributed by atoms with van der Waals surface area (Å²) in [6.45, 7) is 13.9. The average molecular weight is 741 g/mol. The summed E-state index contributed by atoms with van der Waals surface area (Å²) in [5.74, 6) is 0. The minimum Gasteiger partial charge on any atom is -0.373 e. The van der Waals surface area contributed by atoms with Crippen molar-refractivity contribution in [1.82, 2.24) is 29.8 Å². The van der Waals surface area contributed by atoms with E-state index in [1.807, 2.05) is 0 Å². The molecular weight excluding hydrogens is 707 g/mol. The molecule has 0 bridgehead atoms. The van der Waals surface area contributed by atoms with Gasteiger partial charge in [-0.15, -0.1) is 0 Å². The van der Waals surface area contributed by atoms with Crippen LogP contribution in [0.3, 0.4) is 0 Å². The van der Waals surface area contributed by atoms with Crippen molar-refractivity contribution < 1.29 is 53.7 Å². The van der Waals surface area contributed by atoms with Gasteiger partial charge in [0.05, 0.1) is 39.5 Å². The first-order valence-electron chi connectivity index (χ1n) is 12.5. The number of halogens is 10. The number of rotatable bonds is 8. The minimum atomic E-state index is -4.45. The van der Waals surface area contributed by atoms with Gasteiger partial charge in [-0.05, 0) is 39.0 Å². The van der Waals surface area contributed by atoms with Gasteiger partial charge in [-0.2, -0.15) is 54.8 Å². The highest BCUT2D eigenvalue weighted by atomic mass is 79.9. The van der Waals surface area contributed by atoms with Gasteiger partial charge in [0.2, 0.25) is 0 Å². The molecule has 0 radical (unpaired) electrons. The maximum Gasteiger partial charge on any atom is 0.417 e. The molecule has 0 aliphatic carbocycles. The predicted octanol–water partition coefficient (Wildman–Crippen LogP) is 8.02. The topological polar surface area (TPSA) is 92.0 Å². The number of H-pyrrole nitrogens is 1. The number of aryl methyl sites for hydroxylation is 3. The monoisotopic (exact) mass is 740 g/mol. The van der Waals surface area contributed by atoms with Crippen molar-refractivity contribution in [3.05, 3.63) is 72.1 Å². The van der Waals surface area contributed by atoms with Crippen LogP contribution in [0.1, 0.15) is 34.2 Å². The number of nitrogens with zero attached hydrogens (tertiary/aromatic N) is 5. The van der Waals surface area contributed by atoms with Crippen LogP contribution in [-0.4, -0.2) is 75.1 Å². The van der Waals surface area contributed by atoms with E-state index in [-0.39, 0.29) is 30.5 Å². The fourth-order valence-corrected chi connectivity index (χ4v) is 2.93. The van der Waals surface area contributed by atoms with Gasteiger partial charge >= 0.3 is 18.5 Å². The van der Waals surface area contributed by atoms with Crippen molar-refractivity contribution in [2.24, 2.45) is 0 Å². The van der Waals surface area contributed by atoms with Crippen LogP contribution in [0.15, 0.2) is 37.9 Å². The Balaban J connectivity index is 0.000000626. The van der Waals surface area contributed by atoms with Crippen molar-refractivity contribution in [3.63, 3.8) is 0 Å². The number of aromatic amines is 1. The maximum atomic E-state index is 12.4. The van der Waals surface area contributed by atoms with Crippen LogP contribution < -0.4 is 0 Å². The van der Waals surface area contributed by atoms with E-state index < -0.39 is 35.2 Å². The van der Waals surface area contributed by atoms with Crippen LogP contribution in [0.2, 0.25) is 0 Å². The summed E-state index contributed by atoms with van der Waals surface area (Å²) in [7, 11) is 4.46. The van der Waals surface area contributed by atoms with Gasteiger partial charge in [0.25, 0.3) is 0 Å². The fraction of sp³-hybridized carbons (Fsp3) is 0.444. The predicted molar refractivity (Wildman–Crippen MR) is 157 cm³/mol. The summed E-state index contributed by atoms with van der Waals surface area (Å²) in [6, 6.07) is 3.96. The van der Waals surface area contributed by atoms with E-state index in [2.05, 4.69) is 60.8 Å². The number of hydrogen-bond donors (Lipinski definition) is 1. The smallest absolute Gasteiger partial charge is 0.373 e. The van der Waals surface area contributed by atoms with Gasteiger partial charge in [0.1, 0.15) is 19.0 Å². The first kappa shape index (κ1) is 42.6. The van der Waals surface area contributed by atoms with Gasteiger partial charge in [0, 0.05) is 32.7 Å². The molecule has 260 valence electrons. The molecule has 0 aliphatic rings. The second kappa shape index (κ2) is 18.7. The minimum absolute atomic E-state index is 0.0295. The standard InChI is InChI=1S/2C9H11F3N2O.C7H7F3N2.C2H5BrO/c1-6-4-8(7(2)9(10,11)12)13-14(6)5-15-3;1-6-4-8(7(2)9(10,11)12)14(13-6)5-15-3;1-4-3-6(12-11-4)5(2)7(8,9)10;1-4-2-3/h2*4H,2,5H2,1,3H3;3H,2H2,1H3,(H,11,12);2H2,1H3. The highest BCUT2D eigenvalue weighted by Gasteiger charge is 2.36. The summed E-state index contributed by atoms with van der Waals surface area (Å²) < 4.78 is 126. The molecule has 3 heterocycles. The van der Waals surface area contributed by atoms with Gasteiger partial charge in [-0.3, -0.25) is 5.10 Å². The van der Waals surface area contributed by atoms with Crippen molar-refractivity contribution >= 4 is 32.6 Å². The second-order valence-corrected chi connectivity index (χ2v) is 9.40. The molecule has 3 aromatic rings. The van der Waals surface area contributed by atoms with E-state index in [0.29, 0.717) is 22.6 Å². The van der Waals surface area contributed by atoms with Gasteiger partial charge in [0.15, 0.2) is 0 Å². The van der Waals surface area contributed by atoms with Gasteiger partial charge < -0.3 is 14.2 Å². The Morgan fingerprint density at radius 2 is 1.17 bits per heavy atom. The Hall–Kier alpha value is -3.42. The Morgan fingerprint density at radius 3 is 1.57 bits per heavy atom. The molecule has 0 aliphatic heterocycles. The Labute approximate surface area is 267 Å². The zero-order chi connectivity index (χ0) is 36.0. The second-order valence-electron chi connectivity index (χ2n) is 8.94. The Bertz CT molecular complexity index is 1400. The molecular formula is C27H34BrF9N6O3. The largest absolute Gasteiger partial charge is 0.417 e. The molecule has 0 unspecified atom stereocenters. The zero-order valence-electron chi connectivity index (χ0n) is 25.7. The summed E-state index contributed by atoms with van der Waals surface area (Å²) in [4.78, 5) is 0. The maximum absolute atomic E-state index is 12.4. The number of aromatic nitrogens is 6. The molecule has 0 fully saturated rings. The van der Waals surface area contributed by atoms with E-state index in [1.54, 1.807) is 27.9 Å². The highest BCUT2D eigenvalue weighted by molar-refractivity contribution is 9.09. The van der Waals surface area contributed by atoms with E-state index in [4.69, 9.17) is 9.47 Å². The van der Waals surface area contributed by atoms with E-state index in [9.17, 15) is 39.5 Å². The third-order valence-corrected chi connectivity index (χ3v) is 5.61. The van der Waals surface area contributed by atoms with Gasteiger partial charge in [-0.25, -0.2) is 9.36 Å². The molecule has 0 amide bonds. The summed E-state index contributed by atoms with van der Waals surface area (Å²) in [6.07, 6.45) is -13.3. The summed E-state index contributed by atoms with van der Waals surface area (Å²) in [5, 5.41) is 13.5. The normalized spacial score (nSPS) is 11.4. The highest BCUT2D eigenvalue weighted by Crippen LogP contribution is 2.33. The van der Waals surface area contributed by atoms with Crippen molar-refractivity contribution in [2.75, 3.05) is 26.8 Å². The van der Waals surface area contributed by atoms with E-state index >= 15 is 0 Å². The third kappa shape index (κ3) is 14.3. The fourth-order valence-electron chi connectivity index (χ4n) is 2.93. The Kier molecular flexibility index (Phi) is 17.3. The Morgan fingerprint density at radius 1 is 0.717 bits per heavy atom. The van der Waals surface area contributed by atoms with Crippen molar-refractivity contribution in [2.45, 2.75) is 52.8 Å². The SMILES string of the molecule is C=C(c1cc(C)[nH]n1)C(F)(F)F.C=C(c1cc(C)n(COC)n1)C(F)(F)F.C=C(c1cc(C)nn1COC)C(F)(F)F.COCBr. The quantitative estimate of drug-likeness (QED) is 0.186. The number of methoxy groups -OCH3 is 3. The first-order valence-corrected chi connectivity index (χ1v) is 13.6. The van der Waals surface area contributed by atoms with Crippen LogP contribution in [0, 0.1) is 20.8 Å². The van der Waals surface area contributed by atoms with E-state index in [0.717, 1.165) is 4.68 Å². The lowest BCUT2D eigenvalue weighted by Crippen LogP contribution is -2.14. The van der Waals surface area contributed by atoms with Crippen LogP contribution in [0.4, 0.5) is 39.5 Å². The average Bonchev–Trinajstić information content (AvgIpc) is 3.65. The summed E-state index contributed by atoms with van der Waals surface area (Å²) >= 11 is 3.03. The number of alkyl halides is 10. The lowest BCUT2D eigenvalue weighted by Gasteiger charge is -2.11. The number of allylic oxidation sites excluding steroid dienone is 3. The number of hydrogen-bond acceptors (Lipinski definition) is 6. The first-order chi connectivity index (χ1) is 21.0. The van der Waals surface area contributed by atoms with Crippen LogP contribution in [0.5, 0.6) is 0 Å². The van der Waals surface area contributed by atoms with Gasteiger partial charge in [-0.1, -0.05) is 35.7 Å². The molecule has 1 N–H and O–H groups in total. The number of nitrogens with one attached hydrogen (secondary N) is 1. The van der Waals surface area contributed by atoms with Crippen molar-refractivity contribution in [1.29, 1.82) is 0 Å². The van der Waals surface area contributed by atoms with Crippen LogP contribution in [-0.2, 0) is 27.7 Å². The number of ether oxygens (including phenoxy) is 3. The van der Waals surface area contributed by atoms with Crippen molar-refractivity contribution in [3.8, 4) is 0 Å². The molecule has 0 spiro atoms. The molecule has 3 aromatic heterocycles. The zero-order valence-corrected chi connectivity index (χ0v) is 27.3. The van der Waals surface area contributed by atoms with Crippen LogP contribution in [0.25, 0.3) is 16.7 Å². The molecule has 9 nitrogen and oxygen atoms in total. The lowest BCUT2D eigenvalue weighted by atomic mass is 10.2. The molecule has 3 rings (SSSR count). The molecule has 0 atom stereocenters. The molecule has 0 saturated heterocycles. The third-order valence-electron chi connectivity index (χ3n) is 5.16. The van der Waals surface area contributed by atoms with Crippen LogP contribution >= 0.6 is 15.9 Å². The molecule has 0 saturated carbocycles. The molecule has 46 heavy (non-hydrogen) atoms. The molecule has 19 heteroatoms. The summed E-state index contributed by atoms with van der Waals surface area (Å²) in [5.41, 5.74) is -0.876. The lowest BCUT2D eigenvalue weighted by molar-refractivity contribution is -0.0701. The molecule has 0 aromatic carbocycles. The van der Waals surface area contributed by atoms with E-state index in [1.165, 1.54) is 37.1 Å².